The molecule has 2 amide bonds. The van der Waals surface area contributed by atoms with Crippen molar-refractivity contribution < 1.29 is 13.6 Å². The Labute approximate surface area is 165 Å². The molecule has 7 nitrogen and oxygen atoms in total. The minimum atomic E-state index is -0.476. The average Bonchev–Trinajstić information content (AvgIpc) is 2.68. The first-order chi connectivity index (χ1) is 14.0. The topological polar surface area (TPSA) is 97.0 Å². The Balaban J connectivity index is 1.37. The second-order valence-corrected chi connectivity index (χ2v) is 6.86. The average molecular weight is 396 g/mol. The molecule has 0 bridgehead atoms. The number of hydrogen-bond donors (Lipinski definition) is 2. The van der Waals surface area contributed by atoms with Crippen LogP contribution in [0.15, 0.2) is 48.8 Å². The predicted octanol–water partition coefficient (Wildman–Crippen LogP) is 3.11. The highest BCUT2D eigenvalue weighted by Crippen LogP contribution is 2.25. The number of rotatable bonds is 4. The van der Waals surface area contributed by atoms with Crippen LogP contribution in [0.4, 0.5) is 25.1 Å². The van der Waals surface area contributed by atoms with E-state index in [1.165, 1.54) is 12.1 Å². The molecule has 0 spiro atoms. The van der Waals surface area contributed by atoms with Crippen molar-refractivity contribution in [3.05, 3.63) is 66.3 Å². The number of likely N-dealkylation sites (tertiary alicyclic amines) is 1. The quantitative estimate of drug-likeness (QED) is 0.706. The van der Waals surface area contributed by atoms with E-state index < -0.39 is 5.82 Å². The zero-order valence-corrected chi connectivity index (χ0v) is 15.3. The number of halogens is 2. The molecule has 29 heavy (non-hydrogen) atoms. The van der Waals surface area contributed by atoms with Gasteiger partial charge in [-0.2, -0.15) is 0 Å². The number of carbonyl (C=O) groups is 1. The van der Waals surface area contributed by atoms with E-state index in [-0.39, 0.29) is 23.6 Å². The van der Waals surface area contributed by atoms with Crippen LogP contribution >= 0.6 is 0 Å². The van der Waals surface area contributed by atoms with Crippen LogP contribution in [-0.4, -0.2) is 39.0 Å². The van der Waals surface area contributed by atoms with E-state index in [4.69, 9.17) is 5.73 Å². The van der Waals surface area contributed by atoms with Crippen molar-refractivity contribution in [1.29, 1.82) is 0 Å². The fraction of sp³-hybridized carbons (Fsp3) is 0.200. The van der Waals surface area contributed by atoms with Gasteiger partial charge in [0, 0.05) is 31.0 Å². The van der Waals surface area contributed by atoms with Crippen LogP contribution < -0.4 is 11.1 Å². The number of amides is 2. The number of benzene rings is 1. The Morgan fingerprint density at radius 1 is 1.07 bits per heavy atom. The van der Waals surface area contributed by atoms with Crippen molar-refractivity contribution in [2.24, 2.45) is 5.92 Å². The SMILES string of the molecule is Nc1ccc(-c2ccc(F)cc2)nc1NC(=O)N1CC(Cc2ncc(F)cn2)C1. The first-order valence-electron chi connectivity index (χ1n) is 9.03. The van der Waals surface area contributed by atoms with E-state index in [2.05, 4.69) is 20.3 Å². The summed E-state index contributed by atoms with van der Waals surface area (Å²) in [5, 5.41) is 2.72. The Morgan fingerprint density at radius 3 is 2.45 bits per heavy atom. The maximum Gasteiger partial charge on any atom is 0.323 e. The summed E-state index contributed by atoms with van der Waals surface area (Å²) in [7, 11) is 0. The van der Waals surface area contributed by atoms with Gasteiger partial charge in [-0.1, -0.05) is 0 Å². The molecule has 0 saturated carbocycles. The molecule has 0 radical (unpaired) electrons. The minimum Gasteiger partial charge on any atom is -0.396 e. The van der Waals surface area contributed by atoms with Crippen LogP contribution in [0.3, 0.4) is 0 Å². The van der Waals surface area contributed by atoms with Crippen LogP contribution in [0.5, 0.6) is 0 Å². The Kier molecular flexibility index (Phi) is 5.03. The summed E-state index contributed by atoms with van der Waals surface area (Å²) in [5.41, 5.74) is 7.56. The Morgan fingerprint density at radius 2 is 1.76 bits per heavy atom. The van der Waals surface area contributed by atoms with Gasteiger partial charge in [0.05, 0.1) is 23.8 Å². The van der Waals surface area contributed by atoms with E-state index in [1.807, 2.05) is 0 Å². The van der Waals surface area contributed by atoms with Gasteiger partial charge in [-0.05, 0) is 36.4 Å². The highest BCUT2D eigenvalue weighted by Gasteiger charge is 2.31. The molecule has 148 valence electrons. The number of anilines is 2. The van der Waals surface area contributed by atoms with Gasteiger partial charge in [0.1, 0.15) is 11.6 Å². The molecule has 1 saturated heterocycles. The second kappa shape index (κ2) is 7.78. The number of nitrogens with two attached hydrogens (primary N) is 1. The number of hydrogen-bond acceptors (Lipinski definition) is 5. The maximum absolute atomic E-state index is 13.1. The van der Waals surface area contributed by atoms with Crippen molar-refractivity contribution in [2.75, 3.05) is 24.1 Å². The lowest BCUT2D eigenvalue weighted by atomic mass is 9.96. The van der Waals surface area contributed by atoms with Gasteiger partial charge in [-0.25, -0.2) is 28.5 Å². The highest BCUT2D eigenvalue weighted by atomic mass is 19.1. The molecular formula is C20H18F2N6O. The second-order valence-electron chi connectivity index (χ2n) is 6.86. The van der Waals surface area contributed by atoms with Gasteiger partial charge >= 0.3 is 6.03 Å². The fourth-order valence-corrected chi connectivity index (χ4v) is 3.10. The molecule has 2 aromatic heterocycles. The lowest BCUT2D eigenvalue weighted by Gasteiger charge is -2.38. The smallest absolute Gasteiger partial charge is 0.323 e. The number of nitrogens with zero attached hydrogens (tertiary/aromatic N) is 4. The number of nitrogens with one attached hydrogen (secondary N) is 1. The summed E-state index contributed by atoms with van der Waals surface area (Å²) in [6.07, 6.45) is 2.84. The molecule has 3 N–H and O–H groups in total. The number of aromatic nitrogens is 3. The molecule has 0 atom stereocenters. The zero-order valence-electron chi connectivity index (χ0n) is 15.3. The molecule has 3 heterocycles. The first kappa shape index (κ1) is 18.7. The normalized spacial score (nSPS) is 13.8. The maximum atomic E-state index is 13.1. The van der Waals surface area contributed by atoms with E-state index in [9.17, 15) is 13.6 Å². The Bertz CT molecular complexity index is 1020. The van der Waals surface area contributed by atoms with Crippen molar-refractivity contribution in [3.63, 3.8) is 0 Å². The van der Waals surface area contributed by atoms with Crippen molar-refractivity contribution in [2.45, 2.75) is 6.42 Å². The van der Waals surface area contributed by atoms with E-state index in [0.717, 1.165) is 12.4 Å². The molecule has 1 fully saturated rings. The van der Waals surface area contributed by atoms with Crippen LogP contribution in [0, 0.1) is 17.6 Å². The van der Waals surface area contributed by atoms with Crippen LogP contribution in [0.1, 0.15) is 5.82 Å². The van der Waals surface area contributed by atoms with Crippen molar-refractivity contribution >= 4 is 17.5 Å². The lowest BCUT2D eigenvalue weighted by Crippen LogP contribution is -2.52. The highest BCUT2D eigenvalue weighted by molar-refractivity contribution is 5.92. The first-order valence-corrected chi connectivity index (χ1v) is 9.03. The molecule has 1 aliphatic rings. The van der Waals surface area contributed by atoms with Gasteiger partial charge in [-0.3, -0.25) is 5.32 Å². The molecule has 0 unspecified atom stereocenters. The molecule has 0 aliphatic carbocycles. The van der Waals surface area contributed by atoms with E-state index >= 15 is 0 Å². The molecule has 4 rings (SSSR count). The third-order valence-electron chi connectivity index (χ3n) is 4.68. The number of nitrogen functional groups attached to an aromatic ring is 1. The lowest BCUT2D eigenvalue weighted by molar-refractivity contribution is 0.129. The fourth-order valence-electron chi connectivity index (χ4n) is 3.10. The third kappa shape index (κ3) is 4.29. The Hall–Kier alpha value is -3.62. The number of pyridine rings is 1. The van der Waals surface area contributed by atoms with Crippen LogP contribution in [0.25, 0.3) is 11.3 Å². The summed E-state index contributed by atoms with van der Waals surface area (Å²) < 4.78 is 26.0. The van der Waals surface area contributed by atoms with Crippen LogP contribution in [-0.2, 0) is 6.42 Å². The molecule has 9 heteroatoms. The van der Waals surface area contributed by atoms with Gasteiger partial charge in [-0.15, -0.1) is 0 Å². The van der Waals surface area contributed by atoms with Gasteiger partial charge < -0.3 is 10.6 Å². The summed E-state index contributed by atoms with van der Waals surface area (Å²) in [5.74, 6) is 0.200. The standard InChI is InChI=1S/C20H18F2N6O/c21-14-3-1-13(2-4-14)17-6-5-16(23)19(26-17)27-20(29)28-10-12(11-28)7-18-24-8-15(22)9-25-18/h1-6,8-9,12H,7,10-11,23H2,(H,26,27,29). The third-order valence-corrected chi connectivity index (χ3v) is 4.68. The summed E-state index contributed by atoms with van der Waals surface area (Å²) in [6.45, 7) is 1.06. The van der Waals surface area contributed by atoms with Gasteiger partial charge in [0.2, 0.25) is 0 Å². The predicted molar refractivity (Wildman–Crippen MR) is 104 cm³/mol. The minimum absolute atomic E-state index is 0.210. The van der Waals surface area contributed by atoms with Crippen LogP contribution in [0.2, 0.25) is 0 Å². The van der Waals surface area contributed by atoms with Gasteiger partial charge in [0.25, 0.3) is 0 Å². The monoisotopic (exact) mass is 396 g/mol. The summed E-state index contributed by atoms with van der Waals surface area (Å²) >= 11 is 0. The molecule has 1 aromatic carbocycles. The molecule has 1 aliphatic heterocycles. The number of carbonyl (C=O) groups excluding carboxylic acids is 1. The van der Waals surface area contributed by atoms with E-state index in [1.54, 1.807) is 29.2 Å². The van der Waals surface area contributed by atoms with E-state index in [0.29, 0.717) is 42.3 Å². The summed E-state index contributed by atoms with van der Waals surface area (Å²) in [4.78, 5) is 26.4. The van der Waals surface area contributed by atoms with Gasteiger partial charge in [0.15, 0.2) is 11.6 Å². The van der Waals surface area contributed by atoms with Crippen molar-refractivity contribution in [3.8, 4) is 11.3 Å². The van der Waals surface area contributed by atoms with Crippen molar-refractivity contribution in [1.82, 2.24) is 19.9 Å². The molecule has 3 aromatic rings. The zero-order chi connectivity index (χ0) is 20.4. The largest absolute Gasteiger partial charge is 0.396 e. The number of urea groups is 1. The summed E-state index contributed by atoms with van der Waals surface area (Å²) in [6, 6.07) is 8.95. The molecular weight excluding hydrogens is 378 g/mol.